The summed E-state index contributed by atoms with van der Waals surface area (Å²) in [6.45, 7) is 5.16. The van der Waals surface area contributed by atoms with Crippen LogP contribution in [0, 0.1) is 0 Å². The fraction of sp³-hybridized carbons (Fsp3) is 0.208. The molecule has 0 aliphatic carbocycles. The van der Waals surface area contributed by atoms with Crippen LogP contribution in [0.3, 0.4) is 0 Å². The number of carbonyl (C=O) groups is 1. The van der Waals surface area contributed by atoms with E-state index in [0.717, 1.165) is 22.6 Å². The quantitative estimate of drug-likeness (QED) is 0.418. The number of hydrogen-bond acceptors (Lipinski definition) is 4. The van der Waals surface area contributed by atoms with Gasteiger partial charge in [-0.05, 0) is 56.3 Å². The zero-order valence-electron chi connectivity index (χ0n) is 17.7. The minimum absolute atomic E-state index is 0.0853. The van der Waals surface area contributed by atoms with Gasteiger partial charge in [0.15, 0.2) is 5.65 Å². The molecule has 0 aliphatic rings. The Balaban J connectivity index is 1.89. The van der Waals surface area contributed by atoms with Crippen molar-refractivity contribution in [3.63, 3.8) is 0 Å². The van der Waals surface area contributed by atoms with Gasteiger partial charge in [-0.2, -0.15) is 5.10 Å². The number of benzene rings is 2. The predicted octanol–water partition coefficient (Wildman–Crippen LogP) is 5.21. The zero-order chi connectivity index (χ0) is 22.0. The van der Waals surface area contributed by atoms with Gasteiger partial charge in [-0.15, -0.1) is 0 Å². The van der Waals surface area contributed by atoms with Gasteiger partial charge in [0.05, 0.1) is 18.5 Å². The Hall–Kier alpha value is -3.38. The molecule has 158 valence electrons. The van der Waals surface area contributed by atoms with Gasteiger partial charge in [0.25, 0.3) is 5.91 Å². The number of hydrogen-bond donors (Lipinski definition) is 0. The maximum absolute atomic E-state index is 13.3. The molecule has 1 amide bonds. The molecule has 31 heavy (non-hydrogen) atoms. The maximum Gasteiger partial charge on any atom is 0.272 e. The molecule has 6 nitrogen and oxygen atoms in total. The monoisotopic (exact) mass is 434 g/mol. The number of methoxy groups -OCH3 is 1. The van der Waals surface area contributed by atoms with Crippen molar-refractivity contribution in [3.8, 4) is 28.3 Å². The Kier molecular flexibility index (Phi) is 5.91. The number of rotatable bonds is 6. The highest BCUT2D eigenvalue weighted by molar-refractivity contribution is 6.30. The molecular formula is C24H23ClN4O2. The van der Waals surface area contributed by atoms with Crippen molar-refractivity contribution in [3.05, 3.63) is 71.4 Å². The SMILES string of the molecule is CCN(CC)C(=O)c1cc(-c2ccc(OC)cc2)nc2cc(-c3ccc(Cl)cc3)nn12. The van der Waals surface area contributed by atoms with E-state index in [2.05, 4.69) is 0 Å². The molecule has 4 rings (SSSR count). The van der Waals surface area contributed by atoms with Crippen LogP contribution in [0.15, 0.2) is 60.7 Å². The molecule has 0 saturated heterocycles. The van der Waals surface area contributed by atoms with Gasteiger partial charge in [-0.1, -0.05) is 23.7 Å². The van der Waals surface area contributed by atoms with Crippen molar-refractivity contribution < 1.29 is 9.53 Å². The Labute approximate surface area is 186 Å². The van der Waals surface area contributed by atoms with Gasteiger partial charge < -0.3 is 9.64 Å². The fourth-order valence-electron chi connectivity index (χ4n) is 3.47. The van der Waals surface area contributed by atoms with Crippen LogP contribution in [0.4, 0.5) is 0 Å². The second kappa shape index (κ2) is 8.78. The van der Waals surface area contributed by atoms with Crippen LogP contribution < -0.4 is 4.74 Å². The lowest BCUT2D eigenvalue weighted by Crippen LogP contribution is -2.32. The number of aromatic nitrogens is 3. The first kappa shape index (κ1) is 20.9. The first-order valence-corrected chi connectivity index (χ1v) is 10.5. The lowest BCUT2D eigenvalue weighted by atomic mass is 10.1. The highest BCUT2D eigenvalue weighted by Crippen LogP contribution is 2.26. The minimum Gasteiger partial charge on any atom is -0.497 e. The molecule has 0 radical (unpaired) electrons. The van der Waals surface area contributed by atoms with Crippen LogP contribution >= 0.6 is 11.6 Å². The van der Waals surface area contributed by atoms with Gasteiger partial charge in [0, 0.05) is 35.3 Å². The Morgan fingerprint density at radius 1 is 0.968 bits per heavy atom. The Bertz CT molecular complexity index is 1210. The van der Waals surface area contributed by atoms with E-state index in [1.165, 1.54) is 0 Å². The number of ether oxygens (including phenoxy) is 1. The van der Waals surface area contributed by atoms with E-state index in [4.69, 9.17) is 26.4 Å². The summed E-state index contributed by atoms with van der Waals surface area (Å²) in [4.78, 5) is 19.9. The Morgan fingerprint density at radius 3 is 2.19 bits per heavy atom. The smallest absolute Gasteiger partial charge is 0.272 e. The molecular weight excluding hydrogens is 412 g/mol. The molecule has 2 heterocycles. The number of nitrogens with zero attached hydrogens (tertiary/aromatic N) is 4. The molecule has 0 atom stereocenters. The summed E-state index contributed by atoms with van der Waals surface area (Å²) in [6, 6.07) is 18.7. The van der Waals surface area contributed by atoms with Crippen molar-refractivity contribution >= 4 is 23.2 Å². The number of fused-ring (bicyclic) bond motifs is 1. The molecule has 0 bridgehead atoms. The first-order chi connectivity index (χ1) is 15.0. The Morgan fingerprint density at radius 2 is 1.58 bits per heavy atom. The summed E-state index contributed by atoms with van der Waals surface area (Å²) >= 11 is 6.02. The topological polar surface area (TPSA) is 59.7 Å². The summed E-state index contributed by atoms with van der Waals surface area (Å²) in [5.41, 5.74) is 4.31. The largest absolute Gasteiger partial charge is 0.497 e. The molecule has 0 N–H and O–H groups in total. The lowest BCUT2D eigenvalue weighted by molar-refractivity contribution is 0.0764. The van der Waals surface area contributed by atoms with Gasteiger partial charge in [0.2, 0.25) is 0 Å². The van der Waals surface area contributed by atoms with Crippen LogP contribution in [0.2, 0.25) is 5.02 Å². The highest BCUT2D eigenvalue weighted by Gasteiger charge is 2.20. The molecule has 0 unspecified atom stereocenters. The normalized spacial score (nSPS) is 11.0. The van der Waals surface area contributed by atoms with Gasteiger partial charge >= 0.3 is 0 Å². The molecule has 4 aromatic rings. The summed E-state index contributed by atoms with van der Waals surface area (Å²) in [7, 11) is 1.63. The lowest BCUT2D eigenvalue weighted by Gasteiger charge is -2.19. The molecule has 2 aromatic heterocycles. The second-order valence-corrected chi connectivity index (χ2v) is 7.48. The third-order valence-electron chi connectivity index (χ3n) is 5.22. The highest BCUT2D eigenvalue weighted by atomic mass is 35.5. The summed E-state index contributed by atoms with van der Waals surface area (Å²) in [6.07, 6.45) is 0. The average Bonchev–Trinajstić information content (AvgIpc) is 3.24. The van der Waals surface area contributed by atoms with E-state index in [0.29, 0.717) is 35.1 Å². The van der Waals surface area contributed by atoms with E-state index in [1.54, 1.807) is 22.6 Å². The van der Waals surface area contributed by atoms with E-state index in [9.17, 15) is 4.79 Å². The van der Waals surface area contributed by atoms with Crippen LogP contribution in [0.1, 0.15) is 24.3 Å². The van der Waals surface area contributed by atoms with Gasteiger partial charge in [-0.3, -0.25) is 4.79 Å². The minimum atomic E-state index is -0.0853. The van der Waals surface area contributed by atoms with Crippen molar-refractivity contribution in [1.82, 2.24) is 19.5 Å². The van der Waals surface area contributed by atoms with Crippen LogP contribution in [0.25, 0.3) is 28.2 Å². The molecule has 0 fully saturated rings. The van der Waals surface area contributed by atoms with E-state index < -0.39 is 0 Å². The van der Waals surface area contributed by atoms with Crippen molar-refractivity contribution in [1.29, 1.82) is 0 Å². The summed E-state index contributed by atoms with van der Waals surface area (Å²) in [5, 5.41) is 5.35. The van der Waals surface area contributed by atoms with Gasteiger partial charge in [0.1, 0.15) is 11.4 Å². The third-order valence-corrected chi connectivity index (χ3v) is 5.47. The van der Waals surface area contributed by atoms with Crippen molar-refractivity contribution in [2.24, 2.45) is 0 Å². The van der Waals surface area contributed by atoms with Crippen molar-refractivity contribution in [2.75, 3.05) is 20.2 Å². The maximum atomic E-state index is 13.3. The summed E-state index contributed by atoms with van der Waals surface area (Å²) < 4.78 is 6.88. The second-order valence-electron chi connectivity index (χ2n) is 7.04. The number of halogens is 1. The summed E-state index contributed by atoms with van der Waals surface area (Å²) in [5.74, 6) is 0.677. The van der Waals surface area contributed by atoms with E-state index in [-0.39, 0.29) is 5.91 Å². The standard InChI is InChI=1S/C24H23ClN4O2/c1-4-28(5-2)24(30)22-14-20(16-8-12-19(31-3)13-9-16)26-23-15-21(27-29(22)23)17-6-10-18(25)11-7-17/h6-15H,4-5H2,1-3H3. The van der Waals surface area contributed by atoms with Crippen molar-refractivity contribution in [2.45, 2.75) is 13.8 Å². The fourth-order valence-corrected chi connectivity index (χ4v) is 3.60. The van der Waals surface area contributed by atoms with E-state index in [1.807, 2.05) is 68.4 Å². The van der Waals surface area contributed by atoms with E-state index >= 15 is 0 Å². The van der Waals surface area contributed by atoms with Crippen LogP contribution in [0.5, 0.6) is 5.75 Å². The third kappa shape index (κ3) is 4.11. The number of carbonyl (C=O) groups excluding carboxylic acids is 1. The molecule has 0 saturated carbocycles. The van der Waals surface area contributed by atoms with Crippen LogP contribution in [-0.2, 0) is 0 Å². The molecule has 0 spiro atoms. The zero-order valence-corrected chi connectivity index (χ0v) is 18.4. The number of amides is 1. The molecule has 0 aliphatic heterocycles. The molecule has 2 aromatic carbocycles. The molecule has 7 heteroatoms. The first-order valence-electron chi connectivity index (χ1n) is 10.1. The predicted molar refractivity (Wildman–Crippen MR) is 123 cm³/mol. The van der Waals surface area contributed by atoms with Crippen LogP contribution in [-0.4, -0.2) is 45.6 Å². The average molecular weight is 435 g/mol. The van der Waals surface area contributed by atoms with Gasteiger partial charge in [-0.25, -0.2) is 9.50 Å².